The lowest BCUT2D eigenvalue weighted by atomic mass is 10.1. The fourth-order valence-corrected chi connectivity index (χ4v) is 2.78. The quantitative estimate of drug-likeness (QED) is 0.909. The van der Waals surface area contributed by atoms with Gasteiger partial charge in [-0.1, -0.05) is 13.3 Å². The summed E-state index contributed by atoms with van der Waals surface area (Å²) < 4.78 is 28.2. The van der Waals surface area contributed by atoms with Gasteiger partial charge in [0, 0.05) is 19.1 Å². The summed E-state index contributed by atoms with van der Waals surface area (Å²) in [6.45, 7) is 5.43. The average molecular weight is 268 g/mol. The highest BCUT2D eigenvalue weighted by atomic mass is 19.1. The number of nitrogens with zero attached hydrogens (tertiary/aromatic N) is 1. The highest BCUT2D eigenvalue weighted by Gasteiger charge is 2.26. The number of nitrogens with two attached hydrogens (primary N) is 1. The Kier molecular flexibility index (Phi) is 4.40. The first-order valence-electron chi connectivity index (χ1n) is 6.99. The van der Waals surface area contributed by atoms with Crippen LogP contribution in [0.25, 0.3) is 0 Å². The fourth-order valence-electron chi connectivity index (χ4n) is 2.78. The van der Waals surface area contributed by atoms with Gasteiger partial charge in [-0.25, -0.2) is 8.78 Å². The summed E-state index contributed by atoms with van der Waals surface area (Å²) in [6.07, 6.45) is 2.56. The maximum Gasteiger partial charge on any atom is 0.149 e. The highest BCUT2D eigenvalue weighted by Crippen LogP contribution is 2.31. The van der Waals surface area contributed by atoms with Crippen LogP contribution in [0.4, 0.5) is 14.5 Å². The molecule has 0 aliphatic carbocycles. The molecule has 0 saturated carbocycles. The van der Waals surface area contributed by atoms with Crippen molar-refractivity contribution in [3.8, 4) is 0 Å². The summed E-state index contributed by atoms with van der Waals surface area (Å²) in [6, 6.07) is 2.74. The molecule has 19 heavy (non-hydrogen) atoms. The SMILES string of the molecule is CCC1CCN(c2c(F)cc(CC(C)N)cc2F)C1. The van der Waals surface area contributed by atoms with Crippen molar-refractivity contribution >= 4 is 5.69 Å². The topological polar surface area (TPSA) is 29.3 Å². The molecule has 0 spiro atoms. The monoisotopic (exact) mass is 268 g/mol. The van der Waals surface area contributed by atoms with Crippen molar-refractivity contribution in [3.63, 3.8) is 0 Å². The summed E-state index contributed by atoms with van der Waals surface area (Å²) in [5, 5.41) is 0. The third kappa shape index (κ3) is 3.24. The van der Waals surface area contributed by atoms with Gasteiger partial charge in [0.15, 0.2) is 0 Å². The summed E-state index contributed by atoms with van der Waals surface area (Å²) in [5.74, 6) is -0.387. The maximum absolute atomic E-state index is 14.1. The molecule has 2 unspecified atom stereocenters. The third-order valence-corrected chi connectivity index (χ3v) is 3.81. The Labute approximate surface area is 113 Å². The molecule has 0 bridgehead atoms. The van der Waals surface area contributed by atoms with Gasteiger partial charge in [-0.15, -0.1) is 0 Å². The number of benzene rings is 1. The molecule has 2 atom stereocenters. The van der Waals surface area contributed by atoms with Crippen LogP contribution in [0.15, 0.2) is 12.1 Å². The lowest BCUT2D eigenvalue weighted by Gasteiger charge is -2.21. The van der Waals surface area contributed by atoms with Crippen LogP contribution >= 0.6 is 0 Å². The number of hydrogen-bond donors (Lipinski definition) is 1. The molecule has 1 aromatic rings. The molecule has 1 aliphatic rings. The van der Waals surface area contributed by atoms with Crippen molar-refractivity contribution < 1.29 is 8.78 Å². The van der Waals surface area contributed by atoms with E-state index in [2.05, 4.69) is 6.92 Å². The van der Waals surface area contributed by atoms with Gasteiger partial charge < -0.3 is 10.6 Å². The van der Waals surface area contributed by atoms with E-state index in [-0.39, 0.29) is 11.7 Å². The number of rotatable bonds is 4. The molecular formula is C15H22F2N2. The van der Waals surface area contributed by atoms with Crippen LogP contribution in [0.5, 0.6) is 0 Å². The van der Waals surface area contributed by atoms with Crippen molar-refractivity contribution in [3.05, 3.63) is 29.3 Å². The Morgan fingerprint density at radius 1 is 1.37 bits per heavy atom. The molecule has 1 fully saturated rings. The first kappa shape index (κ1) is 14.3. The minimum absolute atomic E-state index is 0.0964. The largest absolute Gasteiger partial charge is 0.367 e. The third-order valence-electron chi connectivity index (χ3n) is 3.81. The van der Waals surface area contributed by atoms with E-state index in [4.69, 9.17) is 5.73 Å². The molecule has 106 valence electrons. The van der Waals surface area contributed by atoms with Crippen molar-refractivity contribution in [2.75, 3.05) is 18.0 Å². The van der Waals surface area contributed by atoms with Crippen LogP contribution in [-0.2, 0) is 6.42 Å². The normalized spacial score (nSPS) is 20.9. The Balaban J connectivity index is 2.22. The van der Waals surface area contributed by atoms with E-state index in [1.165, 1.54) is 12.1 Å². The zero-order valence-electron chi connectivity index (χ0n) is 11.6. The number of halogens is 2. The minimum atomic E-state index is -0.465. The average Bonchev–Trinajstić information content (AvgIpc) is 2.75. The van der Waals surface area contributed by atoms with E-state index in [1.807, 2.05) is 11.8 Å². The van der Waals surface area contributed by atoms with E-state index < -0.39 is 11.6 Å². The molecule has 4 heteroatoms. The molecule has 1 aromatic carbocycles. The van der Waals surface area contributed by atoms with Crippen LogP contribution in [0.1, 0.15) is 32.3 Å². The van der Waals surface area contributed by atoms with E-state index in [0.29, 0.717) is 17.9 Å². The minimum Gasteiger partial charge on any atom is -0.367 e. The number of hydrogen-bond acceptors (Lipinski definition) is 2. The molecule has 2 rings (SSSR count). The molecule has 2 N–H and O–H groups in total. The Bertz CT molecular complexity index is 423. The van der Waals surface area contributed by atoms with E-state index in [1.54, 1.807) is 0 Å². The van der Waals surface area contributed by atoms with Gasteiger partial charge in [0.25, 0.3) is 0 Å². The predicted octanol–water partition coefficient (Wildman–Crippen LogP) is 3.09. The van der Waals surface area contributed by atoms with Crippen LogP contribution in [0.3, 0.4) is 0 Å². The lowest BCUT2D eigenvalue weighted by molar-refractivity contribution is 0.556. The van der Waals surface area contributed by atoms with Crippen LogP contribution in [-0.4, -0.2) is 19.1 Å². The second-order valence-corrected chi connectivity index (χ2v) is 5.60. The molecule has 0 amide bonds. The smallest absolute Gasteiger partial charge is 0.149 e. The van der Waals surface area contributed by atoms with E-state index in [9.17, 15) is 8.78 Å². The Morgan fingerprint density at radius 3 is 2.47 bits per heavy atom. The van der Waals surface area contributed by atoms with E-state index >= 15 is 0 Å². The van der Waals surface area contributed by atoms with Gasteiger partial charge in [-0.05, 0) is 43.4 Å². The molecule has 0 radical (unpaired) electrons. The fraction of sp³-hybridized carbons (Fsp3) is 0.600. The van der Waals surface area contributed by atoms with Crippen molar-refractivity contribution in [1.29, 1.82) is 0 Å². The first-order chi connectivity index (χ1) is 9.01. The van der Waals surface area contributed by atoms with Gasteiger partial charge >= 0.3 is 0 Å². The highest BCUT2D eigenvalue weighted by molar-refractivity contribution is 5.51. The van der Waals surface area contributed by atoms with Gasteiger partial charge in [0.1, 0.15) is 17.3 Å². The van der Waals surface area contributed by atoms with Crippen LogP contribution < -0.4 is 10.6 Å². The Morgan fingerprint density at radius 2 is 2.00 bits per heavy atom. The molecular weight excluding hydrogens is 246 g/mol. The van der Waals surface area contributed by atoms with Crippen LogP contribution in [0.2, 0.25) is 0 Å². The Hall–Kier alpha value is -1.16. The van der Waals surface area contributed by atoms with Gasteiger partial charge in [0.2, 0.25) is 0 Å². The second-order valence-electron chi connectivity index (χ2n) is 5.60. The van der Waals surface area contributed by atoms with E-state index in [0.717, 1.165) is 25.9 Å². The van der Waals surface area contributed by atoms with Gasteiger partial charge in [-0.2, -0.15) is 0 Å². The van der Waals surface area contributed by atoms with Crippen molar-refractivity contribution in [2.45, 2.75) is 39.2 Å². The summed E-state index contributed by atoms with van der Waals surface area (Å²) in [7, 11) is 0. The molecule has 0 aromatic heterocycles. The molecule has 1 aliphatic heterocycles. The maximum atomic E-state index is 14.1. The molecule has 1 saturated heterocycles. The zero-order valence-corrected chi connectivity index (χ0v) is 11.6. The van der Waals surface area contributed by atoms with Crippen molar-refractivity contribution in [2.24, 2.45) is 11.7 Å². The second kappa shape index (κ2) is 5.87. The zero-order chi connectivity index (χ0) is 14.0. The first-order valence-corrected chi connectivity index (χ1v) is 6.99. The van der Waals surface area contributed by atoms with Gasteiger partial charge in [-0.3, -0.25) is 0 Å². The number of anilines is 1. The predicted molar refractivity (Wildman–Crippen MR) is 74.3 cm³/mol. The van der Waals surface area contributed by atoms with Crippen molar-refractivity contribution in [1.82, 2.24) is 0 Å². The van der Waals surface area contributed by atoms with Gasteiger partial charge in [0.05, 0.1) is 0 Å². The molecule has 2 nitrogen and oxygen atoms in total. The standard InChI is InChI=1S/C15H22F2N2/c1-3-11-4-5-19(9-11)15-13(16)7-12(6-10(2)18)8-14(15)17/h7-8,10-11H,3-6,9,18H2,1-2H3. The molecule has 1 heterocycles. The summed E-state index contributed by atoms with van der Waals surface area (Å²) in [5.41, 5.74) is 6.42. The summed E-state index contributed by atoms with van der Waals surface area (Å²) in [4.78, 5) is 1.83. The van der Waals surface area contributed by atoms with Crippen LogP contribution in [0, 0.1) is 17.6 Å². The lowest BCUT2D eigenvalue weighted by Crippen LogP contribution is -2.23. The summed E-state index contributed by atoms with van der Waals surface area (Å²) >= 11 is 0.